The third-order valence-electron chi connectivity index (χ3n) is 1.14. The number of hydrogen-bond donors (Lipinski definition) is 2. The molecule has 9 heteroatoms. The summed E-state index contributed by atoms with van der Waals surface area (Å²) in [6.07, 6.45) is 0. The van der Waals surface area contributed by atoms with Crippen molar-refractivity contribution in [3.05, 3.63) is 42.7 Å². The standard InChI is InChI=1S/C5H3N3O6/c9-3-1-2(6-5(11)7-3)4(10)14-8(12)13/h1H,(H2,6,7,9,11). The molecule has 0 aliphatic rings. The average molecular weight is 201 g/mol. The largest absolute Gasteiger partial charge is 0.350 e. The van der Waals surface area contributed by atoms with E-state index in [1.807, 2.05) is 4.98 Å². The van der Waals surface area contributed by atoms with Crippen LogP contribution in [0, 0.1) is 10.1 Å². The fourth-order valence-corrected chi connectivity index (χ4v) is 0.696. The molecule has 14 heavy (non-hydrogen) atoms. The second kappa shape index (κ2) is 3.51. The van der Waals surface area contributed by atoms with Gasteiger partial charge in [0.15, 0.2) is 0 Å². The van der Waals surface area contributed by atoms with Gasteiger partial charge in [-0.05, 0) is 0 Å². The van der Waals surface area contributed by atoms with E-state index < -0.39 is 28.0 Å². The van der Waals surface area contributed by atoms with E-state index in [2.05, 4.69) is 4.84 Å². The minimum Gasteiger partial charge on any atom is -0.302 e. The monoisotopic (exact) mass is 201 g/mol. The number of nitrogens with zero attached hydrogens (tertiary/aromatic N) is 1. The second-order valence-electron chi connectivity index (χ2n) is 2.10. The highest BCUT2D eigenvalue weighted by Gasteiger charge is 2.12. The molecule has 74 valence electrons. The van der Waals surface area contributed by atoms with Crippen LogP contribution in [0.5, 0.6) is 0 Å². The van der Waals surface area contributed by atoms with Crippen LogP contribution in [0.15, 0.2) is 15.7 Å². The van der Waals surface area contributed by atoms with Crippen LogP contribution in [0.4, 0.5) is 0 Å². The van der Waals surface area contributed by atoms with Gasteiger partial charge in [-0.15, -0.1) is 10.1 Å². The zero-order valence-electron chi connectivity index (χ0n) is 6.47. The molecule has 0 unspecified atom stereocenters. The van der Waals surface area contributed by atoms with Crippen molar-refractivity contribution in [2.24, 2.45) is 0 Å². The quantitative estimate of drug-likeness (QED) is 0.437. The third kappa shape index (κ3) is 2.27. The van der Waals surface area contributed by atoms with Gasteiger partial charge in [-0.3, -0.25) is 14.6 Å². The normalized spacial score (nSPS) is 9.43. The first-order valence-electron chi connectivity index (χ1n) is 3.19. The molecule has 0 aromatic carbocycles. The van der Waals surface area contributed by atoms with E-state index in [1.165, 1.54) is 0 Å². The van der Waals surface area contributed by atoms with E-state index in [-0.39, 0.29) is 0 Å². The van der Waals surface area contributed by atoms with Crippen LogP contribution in [-0.2, 0) is 4.84 Å². The zero-order valence-corrected chi connectivity index (χ0v) is 6.47. The van der Waals surface area contributed by atoms with E-state index in [4.69, 9.17) is 0 Å². The summed E-state index contributed by atoms with van der Waals surface area (Å²) in [6, 6.07) is 0.674. The van der Waals surface area contributed by atoms with Crippen molar-refractivity contribution in [2.45, 2.75) is 0 Å². The Labute approximate surface area is 74.4 Å². The topological polar surface area (TPSA) is 135 Å². The van der Waals surface area contributed by atoms with E-state index in [9.17, 15) is 24.5 Å². The van der Waals surface area contributed by atoms with Crippen LogP contribution in [-0.4, -0.2) is 21.0 Å². The summed E-state index contributed by atoms with van der Waals surface area (Å²) in [7, 11) is 0. The lowest BCUT2D eigenvalue weighted by atomic mass is 10.4. The average Bonchev–Trinajstić information content (AvgIpc) is 2.00. The Morgan fingerprint density at radius 2 is 2.07 bits per heavy atom. The molecule has 0 aliphatic carbocycles. The molecule has 0 saturated carbocycles. The van der Waals surface area contributed by atoms with Gasteiger partial charge in [-0.1, -0.05) is 0 Å². The predicted octanol–water partition coefficient (Wildman–Crippen LogP) is -1.59. The molecule has 1 aromatic heterocycles. The molecule has 1 rings (SSSR count). The van der Waals surface area contributed by atoms with Gasteiger partial charge in [0.1, 0.15) is 5.69 Å². The van der Waals surface area contributed by atoms with Crippen molar-refractivity contribution < 1.29 is 14.7 Å². The van der Waals surface area contributed by atoms with Gasteiger partial charge in [-0.25, -0.2) is 9.63 Å². The Bertz CT molecular complexity index is 456. The maximum Gasteiger partial charge on any atom is 0.350 e. The summed E-state index contributed by atoms with van der Waals surface area (Å²) in [5, 5.41) is 8.39. The molecule has 0 radical (unpaired) electrons. The summed E-state index contributed by atoms with van der Waals surface area (Å²) in [4.78, 5) is 48.9. The Kier molecular flexibility index (Phi) is 2.42. The summed E-state index contributed by atoms with van der Waals surface area (Å²) in [5.41, 5.74) is -2.40. The third-order valence-corrected chi connectivity index (χ3v) is 1.14. The molecular formula is C5H3N3O6. The number of hydrogen-bond acceptors (Lipinski definition) is 6. The molecule has 0 spiro atoms. The smallest absolute Gasteiger partial charge is 0.302 e. The molecule has 0 atom stereocenters. The molecule has 9 nitrogen and oxygen atoms in total. The van der Waals surface area contributed by atoms with Crippen molar-refractivity contribution in [1.82, 2.24) is 9.97 Å². The van der Waals surface area contributed by atoms with Crippen LogP contribution >= 0.6 is 0 Å². The van der Waals surface area contributed by atoms with E-state index in [0.29, 0.717) is 6.07 Å². The number of aromatic nitrogens is 2. The lowest BCUT2D eigenvalue weighted by Gasteiger charge is -1.95. The van der Waals surface area contributed by atoms with Crippen molar-refractivity contribution in [3.8, 4) is 0 Å². The van der Waals surface area contributed by atoms with Crippen LogP contribution in [0.25, 0.3) is 0 Å². The lowest BCUT2D eigenvalue weighted by Crippen LogP contribution is -2.26. The first-order valence-corrected chi connectivity index (χ1v) is 3.19. The van der Waals surface area contributed by atoms with Crippen LogP contribution in [0.1, 0.15) is 10.5 Å². The van der Waals surface area contributed by atoms with Crippen molar-refractivity contribution in [1.29, 1.82) is 0 Å². The number of rotatable bonds is 2. The zero-order chi connectivity index (χ0) is 10.7. The van der Waals surface area contributed by atoms with Gasteiger partial charge in [0, 0.05) is 6.07 Å². The molecule has 1 aromatic rings. The summed E-state index contributed by atoms with van der Waals surface area (Å²) in [6.45, 7) is 0. The Hall–Kier alpha value is -2.45. The van der Waals surface area contributed by atoms with Gasteiger partial charge < -0.3 is 4.98 Å². The minimum atomic E-state index is -1.42. The number of carbonyl (C=O) groups is 1. The Balaban J connectivity index is 3.07. The van der Waals surface area contributed by atoms with E-state index >= 15 is 0 Å². The molecule has 0 amide bonds. The summed E-state index contributed by atoms with van der Waals surface area (Å²) in [5.74, 6) is -1.42. The Morgan fingerprint density at radius 1 is 1.43 bits per heavy atom. The molecule has 0 saturated heterocycles. The maximum atomic E-state index is 10.8. The van der Waals surface area contributed by atoms with Gasteiger partial charge in [0.05, 0.1) is 0 Å². The lowest BCUT2D eigenvalue weighted by molar-refractivity contribution is -0.727. The van der Waals surface area contributed by atoms with Crippen LogP contribution in [0.2, 0.25) is 0 Å². The van der Waals surface area contributed by atoms with Crippen molar-refractivity contribution in [3.63, 3.8) is 0 Å². The number of carbonyl (C=O) groups excluding carboxylic acids is 1. The maximum absolute atomic E-state index is 10.8. The second-order valence-corrected chi connectivity index (χ2v) is 2.10. The van der Waals surface area contributed by atoms with Crippen LogP contribution in [0.3, 0.4) is 0 Å². The molecule has 0 bridgehead atoms. The molecular weight excluding hydrogens is 198 g/mol. The molecule has 0 fully saturated rings. The Morgan fingerprint density at radius 3 is 2.57 bits per heavy atom. The first-order chi connectivity index (χ1) is 6.49. The highest BCUT2D eigenvalue weighted by Crippen LogP contribution is 1.90. The van der Waals surface area contributed by atoms with Crippen molar-refractivity contribution >= 4 is 5.97 Å². The minimum absolute atomic E-state index is 0.588. The summed E-state index contributed by atoms with van der Waals surface area (Å²) < 4.78 is 0. The highest BCUT2D eigenvalue weighted by molar-refractivity contribution is 5.86. The predicted molar refractivity (Wildman–Crippen MR) is 40.1 cm³/mol. The number of aromatic amines is 2. The molecule has 2 N–H and O–H groups in total. The SMILES string of the molecule is O=C(O[N+](=O)[O-])c1cc(=O)[nH]c(=O)[nH]1. The van der Waals surface area contributed by atoms with Crippen LogP contribution < -0.4 is 11.2 Å². The fraction of sp³-hybridized carbons (Fsp3) is 0. The first kappa shape index (κ1) is 9.64. The summed E-state index contributed by atoms with van der Waals surface area (Å²) >= 11 is 0. The highest BCUT2D eigenvalue weighted by atomic mass is 17.0. The molecule has 0 aliphatic heterocycles. The van der Waals surface area contributed by atoms with Gasteiger partial charge >= 0.3 is 16.7 Å². The van der Waals surface area contributed by atoms with Gasteiger partial charge in [0.25, 0.3) is 5.56 Å². The van der Waals surface area contributed by atoms with E-state index in [0.717, 1.165) is 0 Å². The van der Waals surface area contributed by atoms with E-state index in [1.54, 1.807) is 4.98 Å². The van der Waals surface area contributed by atoms with Gasteiger partial charge in [-0.2, -0.15) is 0 Å². The fourth-order valence-electron chi connectivity index (χ4n) is 0.696. The van der Waals surface area contributed by atoms with Crippen molar-refractivity contribution in [2.75, 3.05) is 0 Å². The number of nitrogens with one attached hydrogen (secondary N) is 2. The molecule has 1 heterocycles. The van der Waals surface area contributed by atoms with Gasteiger partial charge in [0.2, 0.25) is 0 Å². The number of H-pyrrole nitrogens is 2.